The first kappa shape index (κ1) is 28.8. The van der Waals surface area contributed by atoms with E-state index in [0.717, 1.165) is 77.2 Å². The summed E-state index contributed by atoms with van der Waals surface area (Å²) in [5.41, 5.74) is 11.3. The van der Waals surface area contributed by atoms with E-state index in [9.17, 15) is 15.8 Å². The minimum Gasteiger partial charge on any atom is -0.309 e. The van der Waals surface area contributed by atoms with Crippen LogP contribution in [0.15, 0.2) is 152 Å². The van der Waals surface area contributed by atoms with Gasteiger partial charge in [0, 0.05) is 38.4 Å². The van der Waals surface area contributed by atoms with Crippen LogP contribution in [0.25, 0.3) is 77.2 Å². The highest BCUT2D eigenvalue weighted by Crippen LogP contribution is 2.42. The number of hydrogen-bond donors (Lipinski definition) is 0. The molecule has 0 N–H and O–H groups in total. The summed E-state index contributed by atoms with van der Waals surface area (Å²) in [6.07, 6.45) is 0. The monoisotopic (exact) mass is 635 g/mol. The molecule has 0 unspecified atom stereocenters. The van der Waals surface area contributed by atoms with Gasteiger partial charge in [-0.2, -0.15) is 15.8 Å². The van der Waals surface area contributed by atoms with Crippen molar-refractivity contribution in [3.63, 3.8) is 0 Å². The van der Waals surface area contributed by atoms with Crippen molar-refractivity contribution in [2.75, 3.05) is 0 Å². The molecule has 7 aromatic carbocycles. The summed E-state index contributed by atoms with van der Waals surface area (Å²) in [6, 6.07) is 57.7. The summed E-state index contributed by atoms with van der Waals surface area (Å²) in [7, 11) is 0. The van der Waals surface area contributed by atoms with Crippen molar-refractivity contribution in [1.82, 2.24) is 9.13 Å². The molecule has 2 aromatic heterocycles. The Morgan fingerprint density at radius 3 is 1.78 bits per heavy atom. The van der Waals surface area contributed by atoms with Crippen molar-refractivity contribution in [2.45, 2.75) is 0 Å². The summed E-state index contributed by atoms with van der Waals surface area (Å²) >= 11 is 0. The fourth-order valence-electron chi connectivity index (χ4n) is 7.53. The Kier molecular flexibility index (Phi) is 6.56. The van der Waals surface area contributed by atoms with E-state index in [1.54, 1.807) is 0 Å². The van der Waals surface area contributed by atoms with E-state index >= 15 is 0 Å². The zero-order chi connectivity index (χ0) is 33.8. The van der Waals surface area contributed by atoms with E-state index < -0.39 is 0 Å². The van der Waals surface area contributed by atoms with Crippen molar-refractivity contribution in [2.24, 2.45) is 0 Å². The maximum absolute atomic E-state index is 10.5. The number of para-hydroxylation sites is 4. The van der Waals surface area contributed by atoms with Gasteiger partial charge in [0.05, 0.1) is 56.6 Å². The Morgan fingerprint density at radius 2 is 1.02 bits per heavy atom. The van der Waals surface area contributed by atoms with Crippen LogP contribution >= 0.6 is 0 Å². The number of fused-ring (bicyclic) bond motifs is 6. The molecule has 5 heteroatoms. The van der Waals surface area contributed by atoms with Crippen LogP contribution in [0, 0.1) is 34.0 Å². The maximum atomic E-state index is 10.5. The van der Waals surface area contributed by atoms with Gasteiger partial charge in [-0.3, -0.25) is 0 Å². The molecule has 230 valence electrons. The average molecular weight is 636 g/mol. The largest absolute Gasteiger partial charge is 0.309 e. The second kappa shape index (κ2) is 11.4. The molecule has 0 fully saturated rings. The third-order valence-electron chi connectivity index (χ3n) is 9.65. The smallest absolute Gasteiger partial charge is 0.101 e. The molecule has 0 radical (unpaired) electrons. The van der Waals surface area contributed by atoms with Crippen LogP contribution < -0.4 is 0 Å². The number of nitrogens with zero attached hydrogens (tertiary/aromatic N) is 5. The van der Waals surface area contributed by atoms with Crippen molar-refractivity contribution in [3.05, 3.63) is 168 Å². The quantitative estimate of drug-likeness (QED) is 0.193. The van der Waals surface area contributed by atoms with Crippen molar-refractivity contribution in [1.29, 1.82) is 15.8 Å². The number of benzene rings is 7. The number of rotatable bonds is 4. The van der Waals surface area contributed by atoms with Gasteiger partial charge in [-0.1, -0.05) is 91.0 Å². The summed E-state index contributed by atoms with van der Waals surface area (Å²) in [6.45, 7) is 0. The van der Waals surface area contributed by atoms with Crippen LogP contribution in [0.2, 0.25) is 0 Å². The highest BCUT2D eigenvalue weighted by molar-refractivity contribution is 6.12. The molecule has 0 saturated heterocycles. The standard InChI is InChI=1S/C45H25N5/c46-26-29-19-24-43-39(25-29)36-12-2-5-17-41(36)50(43)42-18-6-3-13-38(42)44-31(27-47)9-7-14-34(44)30-20-22-33(23-21-30)49-40-16-4-1-11-35(40)37-15-8-10-32(28-48)45(37)49/h1-25H. The minimum absolute atomic E-state index is 0.577. The third-order valence-corrected chi connectivity index (χ3v) is 9.65. The number of nitriles is 3. The first-order valence-corrected chi connectivity index (χ1v) is 16.3. The zero-order valence-electron chi connectivity index (χ0n) is 26.7. The molecule has 0 amide bonds. The molecule has 9 aromatic rings. The average Bonchev–Trinajstić information content (AvgIpc) is 3.70. The Bertz CT molecular complexity index is 2960. The second-order valence-corrected chi connectivity index (χ2v) is 12.3. The molecular formula is C45H25N5. The van der Waals surface area contributed by atoms with Crippen molar-refractivity contribution >= 4 is 43.6 Å². The van der Waals surface area contributed by atoms with E-state index in [2.05, 4.69) is 100 Å². The molecule has 0 saturated carbocycles. The topological polar surface area (TPSA) is 81.2 Å². The van der Waals surface area contributed by atoms with E-state index in [4.69, 9.17) is 0 Å². The Morgan fingerprint density at radius 1 is 0.420 bits per heavy atom. The van der Waals surface area contributed by atoms with Gasteiger partial charge >= 0.3 is 0 Å². The van der Waals surface area contributed by atoms with Gasteiger partial charge in [0.25, 0.3) is 0 Å². The van der Waals surface area contributed by atoms with E-state index in [-0.39, 0.29) is 0 Å². The lowest BCUT2D eigenvalue weighted by atomic mass is 9.89. The van der Waals surface area contributed by atoms with Crippen LogP contribution in [0.5, 0.6) is 0 Å². The first-order valence-electron chi connectivity index (χ1n) is 16.3. The van der Waals surface area contributed by atoms with Gasteiger partial charge in [-0.15, -0.1) is 0 Å². The Hall–Kier alpha value is -7.39. The lowest BCUT2D eigenvalue weighted by Crippen LogP contribution is -2.00. The zero-order valence-corrected chi connectivity index (χ0v) is 26.7. The molecule has 50 heavy (non-hydrogen) atoms. The molecule has 0 atom stereocenters. The highest BCUT2D eigenvalue weighted by atomic mass is 15.0. The van der Waals surface area contributed by atoms with E-state index in [1.165, 1.54) is 0 Å². The predicted molar refractivity (Wildman–Crippen MR) is 200 cm³/mol. The minimum atomic E-state index is 0.577. The summed E-state index contributed by atoms with van der Waals surface area (Å²) in [5, 5.41) is 34.4. The highest BCUT2D eigenvalue weighted by Gasteiger charge is 2.21. The molecule has 0 aliphatic rings. The lowest BCUT2D eigenvalue weighted by Gasteiger charge is -2.18. The Balaban J connectivity index is 1.25. The van der Waals surface area contributed by atoms with Gasteiger partial charge in [-0.25, -0.2) is 0 Å². The molecule has 5 nitrogen and oxygen atoms in total. The van der Waals surface area contributed by atoms with Crippen LogP contribution in [0.3, 0.4) is 0 Å². The molecular weight excluding hydrogens is 611 g/mol. The van der Waals surface area contributed by atoms with Crippen LogP contribution in [-0.4, -0.2) is 9.13 Å². The number of aromatic nitrogens is 2. The molecule has 9 rings (SSSR count). The molecule has 2 heterocycles. The van der Waals surface area contributed by atoms with Crippen LogP contribution in [0.4, 0.5) is 0 Å². The molecule has 0 aliphatic heterocycles. The summed E-state index contributed by atoms with van der Waals surface area (Å²) in [5.74, 6) is 0. The fourth-order valence-corrected chi connectivity index (χ4v) is 7.53. The maximum Gasteiger partial charge on any atom is 0.101 e. The summed E-state index contributed by atoms with van der Waals surface area (Å²) in [4.78, 5) is 0. The third kappa shape index (κ3) is 4.24. The van der Waals surface area contributed by atoms with Gasteiger partial charge in [0.1, 0.15) is 6.07 Å². The van der Waals surface area contributed by atoms with Gasteiger partial charge < -0.3 is 9.13 Å². The normalized spacial score (nSPS) is 11.1. The van der Waals surface area contributed by atoms with Gasteiger partial charge in [0.2, 0.25) is 0 Å². The van der Waals surface area contributed by atoms with Crippen molar-refractivity contribution < 1.29 is 0 Å². The van der Waals surface area contributed by atoms with Crippen molar-refractivity contribution in [3.8, 4) is 51.8 Å². The SMILES string of the molecule is N#Cc1ccc2c(c1)c1ccccc1n2-c1ccccc1-c1c(C#N)cccc1-c1ccc(-n2c3ccccc3c3cccc(C#N)c32)cc1. The second-order valence-electron chi connectivity index (χ2n) is 12.3. The lowest BCUT2D eigenvalue weighted by molar-refractivity contribution is 1.17. The molecule has 0 bridgehead atoms. The summed E-state index contributed by atoms with van der Waals surface area (Å²) < 4.78 is 4.39. The Labute approximate surface area is 287 Å². The predicted octanol–water partition coefficient (Wildman–Crippen LogP) is 10.8. The van der Waals surface area contributed by atoms with E-state index in [0.29, 0.717) is 16.7 Å². The van der Waals surface area contributed by atoms with Crippen LogP contribution in [-0.2, 0) is 0 Å². The number of hydrogen-bond acceptors (Lipinski definition) is 3. The van der Waals surface area contributed by atoms with Gasteiger partial charge in [-0.05, 0) is 71.8 Å². The van der Waals surface area contributed by atoms with Gasteiger partial charge in [0.15, 0.2) is 0 Å². The van der Waals surface area contributed by atoms with E-state index in [1.807, 2.05) is 78.9 Å². The van der Waals surface area contributed by atoms with Crippen LogP contribution in [0.1, 0.15) is 16.7 Å². The first-order chi connectivity index (χ1) is 24.7. The molecule has 0 spiro atoms. The fraction of sp³-hybridized carbons (Fsp3) is 0. The molecule has 0 aliphatic carbocycles.